The number of aliphatic carboxylic acids is 1. The van der Waals surface area contributed by atoms with Crippen molar-refractivity contribution in [3.63, 3.8) is 0 Å². The van der Waals surface area contributed by atoms with Gasteiger partial charge in [-0.05, 0) is 24.4 Å². The Hall–Kier alpha value is -2.00. The molecule has 5 heteroatoms. The molecule has 1 aromatic rings. The zero-order valence-corrected chi connectivity index (χ0v) is 9.00. The number of benzene rings is 1. The average molecular weight is 219 g/mol. The molecule has 0 spiro atoms. The maximum Gasteiger partial charge on any atom is 0.303 e. The lowest BCUT2D eigenvalue weighted by Crippen LogP contribution is -2.00. The van der Waals surface area contributed by atoms with Crippen LogP contribution < -0.4 is 0 Å². The molecule has 0 radical (unpaired) electrons. The number of nitrogens with zero attached hydrogens (tertiary/aromatic N) is 3. The molecule has 1 atom stereocenters. The molecule has 0 aliphatic carbocycles. The minimum atomic E-state index is -0.884. The molecule has 1 aromatic carbocycles. The molecule has 0 heterocycles. The molecule has 0 amide bonds. The maximum atomic E-state index is 10.5. The van der Waals surface area contributed by atoms with Crippen molar-refractivity contribution >= 4 is 5.97 Å². The van der Waals surface area contributed by atoms with E-state index in [-0.39, 0.29) is 6.42 Å². The Morgan fingerprint density at radius 2 is 2.12 bits per heavy atom. The van der Waals surface area contributed by atoms with Gasteiger partial charge in [-0.3, -0.25) is 4.79 Å². The molecule has 1 N–H and O–H groups in total. The van der Waals surface area contributed by atoms with Gasteiger partial charge in [0.25, 0.3) is 0 Å². The largest absolute Gasteiger partial charge is 0.481 e. The maximum absolute atomic E-state index is 10.5. The Kier molecular flexibility index (Phi) is 4.36. The number of aryl methyl sites for hydroxylation is 1. The van der Waals surface area contributed by atoms with Gasteiger partial charge < -0.3 is 5.11 Å². The minimum absolute atomic E-state index is 0.00242. The number of carboxylic acid groups (broad SMARTS) is 1. The lowest BCUT2D eigenvalue weighted by atomic mass is 10.0. The summed E-state index contributed by atoms with van der Waals surface area (Å²) >= 11 is 0. The highest BCUT2D eigenvalue weighted by Gasteiger charge is 2.11. The van der Waals surface area contributed by atoms with E-state index >= 15 is 0 Å². The molecule has 84 valence electrons. The van der Waals surface area contributed by atoms with Crippen molar-refractivity contribution in [1.82, 2.24) is 0 Å². The summed E-state index contributed by atoms with van der Waals surface area (Å²) in [6.45, 7) is 1.96. The van der Waals surface area contributed by atoms with E-state index in [4.69, 9.17) is 10.6 Å². The summed E-state index contributed by atoms with van der Waals surface area (Å²) in [6.07, 6.45) is 0.319. The second-order valence-electron chi connectivity index (χ2n) is 3.56. The molecule has 0 bridgehead atoms. The molecule has 16 heavy (non-hydrogen) atoms. The zero-order valence-electron chi connectivity index (χ0n) is 9.00. The van der Waals surface area contributed by atoms with Crippen LogP contribution in [0, 0.1) is 6.92 Å². The van der Waals surface area contributed by atoms with Crippen molar-refractivity contribution in [2.45, 2.75) is 25.8 Å². The van der Waals surface area contributed by atoms with Crippen LogP contribution in [0.25, 0.3) is 10.4 Å². The number of carbonyl (C=O) groups is 1. The number of rotatable bonds is 5. The van der Waals surface area contributed by atoms with E-state index in [1.54, 1.807) is 0 Å². The number of carboxylic acids is 1. The Balaban J connectivity index is 2.80. The van der Waals surface area contributed by atoms with E-state index in [1.165, 1.54) is 0 Å². The third-order valence-corrected chi connectivity index (χ3v) is 2.28. The third kappa shape index (κ3) is 3.63. The van der Waals surface area contributed by atoms with Crippen LogP contribution in [0.4, 0.5) is 0 Å². The van der Waals surface area contributed by atoms with Crippen LogP contribution in [-0.2, 0) is 4.79 Å². The number of hydrogen-bond acceptors (Lipinski definition) is 2. The predicted octanol–water partition coefficient (Wildman–Crippen LogP) is 3.21. The van der Waals surface area contributed by atoms with Crippen LogP contribution in [0.1, 0.15) is 30.0 Å². The fraction of sp³-hybridized carbons (Fsp3) is 0.364. The van der Waals surface area contributed by atoms with E-state index in [1.807, 2.05) is 31.2 Å². The molecular weight excluding hydrogens is 206 g/mol. The molecule has 0 saturated carbocycles. The predicted molar refractivity (Wildman–Crippen MR) is 59.9 cm³/mol. The van der Waals surface area contributed by atoms with Gasteiger partial charge in [0, 0.05) is 11.3 Å². The lowest BCUT2D eigenvalue weighted by molar-refractivity contribution is -0.137. The van der Waals surface area contributed by atoms with Crippen molar-refractivity contribution < 1.29 is 9.90 Å². The van der Waals surface area contributed by atoms with Crippen molar-refractivity contribution in [2.24, 2.45) is 5.11 Å². The van der Waals surface area contributed by atoms with E-state index in [0.717, 1.165) is 11.1 Å². The number of hydrogen-bond donors (Lipinski definition) is 1. The summed E-state index contributed by atoms with van der Waals surface area (Å²) in [5.74, 6) is -0.884. The van der Waals surface area contributed by atoms with Gasteiger partial charge in [0.05, 0.1) is 6.04 Å². The van der Waals surface area contributed by atoms with Gasteiger partial charge in [0.1, 0.15) is 0 Å². The second kappa shape index (κ2) is 5.78. The molecule has 0 aliphatic rings. The van der Waals surface area contributed by atoms with E-state index < -0.39 is 12.0 Å². The van der Waals surface area contributed by atoms with Crippen molar-refractivity contribution in [3.8, 4) is 0 Å². The van der Waals surface area contributed by atoms with Crippen LogP contribution in [-0.4, -0.2) is 11.1 Å². The SMILES string of the molecule is Cc1ccc(C(CCC(=O)O)N=[N+]=[N-])cc1. The van der Waals surface area contributed by atoms with Gasteiger partial charge in [-0.1, -0.05) is 34.9 Å². The highest BCUT2D eigenvalue weighted by Crippen LogP contribution is 2.23. The van der Waals surface area contributed by atoms with Crippen LogP contribution >= 0.6 is 0 Å². The summed E-state index contributed by atoms with van der Waals surface area (Å²) in [5, 5.41) is 12.2. The molecule has 0 fully saturated rings. The molecule has 0 saturated heterocycles. The fourth-order valence-corrected chi connectivity index (χ4v) is 1.40. The van der Waals surface area contributed by atoms with Crippen LogP contribution in [0.5, 0.6) is 0 Å². The molecule has 1 rings (SSSR count). The van der Waals surface area contributed by atoms with Crippen LogP contribution in [0.3, 0.4) is 0 Å². The van der Waals surface area contributed by atoms with Crippen LogP contribution in [0.2, 0.25) is 0 Å². The van der Waals surface area contributed by atoms with E-state index in [0.29, 0.717) is 6.42 Å². The Morgan fingerprint density at radius 1 is 1.50 bits per heavy atom. The van der Waals surface area contributed by atoms with Gasteiger partial charge in [-0.25, -0.2) is 0 Å². The fourth-order valence-electron chi connectivity index (χ4n) is 1.40. The Bertz CT molecular complexity index is 408. The molecular formula is C11H13N3O2. The minimum Gasteiger partial charge on any atom is -0.481 e. The quantitative estimate of drug-likeness (QED) is 0.468. The Morgan fingerprint density at radius 3 is 2.62 bits per heavy atom. The molecule has 1 unspecified atom stereocenters. The first-order valence-corrected chi connectivity index (χ1v) is 4.96. The zero-order chi connectivity index (χ0) is 12.0. The summed E-state index contributed by atoms with van der Waals surface area (Å²) < 4.78 is 0. The first-order valence-electron chi connectivity index (χ1n) is 4.96. The molecule has 0 aliphatic heterocycles. The summed E-state index contributed by atoms with van der Waals surface area (Å²) in [6, 6.07) is 7.14. The van der Waals surface area contributed by atoms with Gasteiger partial charge in [-0.15, -0.1) is 0 Å². The Labute approximate surface area is 93.3 Å². The molecule has 0 aromatic heterocycles. The first-order chi connectivity index (χ1) is 7.63. The normalized spacial score (nSPS) is 11.6. The van der Waals surface area contributed by atoms with Crippen LogP contribution in [0.15, 0.2) is 29.4 Å². The average Bonchev–Trinajstić information content (AvgIpc) is 2.25. The standard InChI is InChI=1S/C11H13N3O2/c1-8-2-4-9(5-3-8)10(13-14-12)6-7-11(15)16/h2-5,10H,6-7H2,1H3,(H,15,16). The highest BCUT2D eigenvalue weighted by molar-refractivity contribution is 5.66. The summed E-state index contributed by atoms with van der Waals surface area (Å²) in [7, 11) is 0. The van der Waals surface area contributed by atoms with Gasteiger partial charge in [0.15, 0.2) is 0 Å². The lowest BCUT2D eigenvalue weighted by Gasteiger charge is -2.10. The first kappa shape index (κ1) is 12.1. The van der Waals surface area contributed by atoms with E-state index in [9.17, 15) is 4.79 Å². The van der Waals surface area contributed by atoms with Crippen molar-refractivity contribution in [3.05, 3.63) is 45.8 Å². The van der Waals surface area contributed by atoms with E-state index in [2.05, 4.69) is 10.0 Å². The smallest absolute Gasteiger partial charge is 0.303 e. The summed E-state index contributed by atoms with van der Waals surface area (Å²) in [4.78, 5) is 13.2. The van der Waals surface area contributed by atoms with Crippen molar-refractivity contribution in [1.29, 1.82) is 0 Å². The second-order valence-corrected chi connectivity index (χ2v) is 3.56. The van der Waals surface area contributed by atoms with Crippen molar-refractivity contribution in [2.75, 3.05) is 0 Å². The topological polar surface area (TPSA) is 86.1 Å². The molecule has 5 nitrogen and oxygen atoms in total. The third-order valence-electron chi connectivity index (χ3n) is 2.28. The monoisotopic (exact) mass is 219 g/mol. The highest BCUT2D eigenvalue weighted by atomic mass is 16.4. The number of azide groups is 1. The van der Waals surface area contributed by atoms with Gasteiger partial charge in [0.2, 0.25) is 0 Å². The van der Waals surface area contributed by atoms with Gasteiger partial charge >= 0.3 is 5.97 Å². The summed E-state index contributed by atoms with van der Waals surface area (Å²) in [5.41, 5.74) is 10.4. The van der Waals surface area contributed by atoms with Gasteiger partial charge in [-0.2, -0.15) is 0 Å².